The first kappa shape index (κ1) is 15.1. The van der Waals surface area contributed by atoms with E-state index in [1.165, 1.54) is 0 Å². The number of piperazine rings is 1. The van der Waals surface area contributed by atoms with Crippen LogP contribution in [-0.4, -0.2) is 49.1 Å². The number of para-hydroxylation sites is 1. The Bertz CT molecular complexity index is 728. The molecule has 0 unspecified atom stereocenters. The van der Waals surface area contributed by atoms with Gasteiger partial charge in [0.15, 0.2) is 0 Å². The fourth-order valence-corrected chi connectivity index (χ4v) is 4.63. The van der Waals surface area contributed by atoms with Crippen molar-refractivity contribution in [2.45, 2.75) is 18.7 Å². The van der Waals surface area contributed by atoms with Gasteiger partial charge in [-0.25, -0.2) is 8.42 Å². The summed E-state index contributed by atoms with van der Waals surface area (Å²) in [6.07, 6.45) is 0. The summed E-state index contributed by atoms with van der Waals surface area (Å²) in [5, 5.41) is 6.75. The lowest BCUT2D eigenvalue weighted by Crippen LogP contribution is -2.48. The van der Waals surface area contributed by atoms with Gasteiger partial charge in [-0.1, -0.05) is 18.2 Å². The number of nitrogens with one attached hydrogen (secondary N) is 1. The molecule has 0 radical (unpaired) electrons. The van der Waals surface area contributed by atoms with Crippen LogP contribution in [0.4, 0.5) is 5.69 Å². The van der Waals surface area contributed by atoms with Gasteiger partial charge in [0.05, 0.1) is 11.4 Å². The van der Waals surface area contributed by atoms with Gasteiger partial charge in [0.1, 0.15) is 4.90 Å². The molecule has 0 amide bonds. The molecule has 0 bridgehead atoms. The van der Waals surface area contributed by atoms with Crippen LogP contribution in [-0.2, 0) is 10.0 Å². The number of sulfonamides is 1. The molecule has 1 aromatic carbocycles. The lowest BCUT2D eigenvalue weighted by atomic mass is 10.2. The zero-order chi connectivity index (χ0) is 15.7. The van der Waals surface area contributed by atoms with Gasteiger partial charge in [0.25, 0.3) is 0 Å². The van der Waals surface area contributed by atoms with E-state index >= 15 is 0 Å². The maximum Gasteiger partial charge on any atom is 0.246 e. The third-order valence-corrected chi connectivity index (χ3v) is 6.18. The molecule has 1 fully saturated rings. The predicted octanol–water partition coefficient (Wildman–Crippen LogP) is 1.54. The third kappa shape index (κ3) is 2.62. The Labute approximate surface area is 130 Å². The van der Waals surface area contributed by atoms with E-state index in [1.807, 2.05) is 18.2 Å². The van der Waals surface area contributed by atoms with Crippen molar-refractivity contribution < 1.29 is 8.42 Å². The average Bonchev–Trinajstić information content (AvgIpc) is 2.88. The number of anilines is 1. The van der Waals surface area contributed by atoms with Crippen molar-refractivity contribution in [1.29, 1.82) is 0 Å². The average molecular weight is 320 g/mol. The second-order valence-electron chi connectivity index (χ2n) is 5.49. The molecule has 0 aliphatic carbocycles. The molecule has 0 atom stereocenters. The van der Waals surface area contributed by atoms with Crippen LogP contribution in [0.25, 0.3) is 0 Å². The number of hydrogen-bond donors (Lipinski definition) is 1. The molecule has 2 aromatic rings. The van der Waals surface area contributed by atoms with Crippen LogP contribution < -0.4 is 4.90 Å². The Morgan fingerprint density at radius 3 is 2.23 bits per heavy atom. The Morgan fingerprint density at radius 2 is 1.68 bits per heavy atom. The maximum atomic E-state index is 12.8. The van der Waals surface area contributed by atoms with Crippen LogP contribution in [0.15, 0.2) is 35.2 Å². The number of aryl methyl sites for hydroxylation is 2. The van der Waals surface area contributed by atoms with Gasteiger partial charge >= 0.3 is 0 Å². The first-order valence-corrected chi connectivity index (χ1v) is 8.76. The maximum absolute atomic E-state index is 12.8. The molecule has 0 saturated carbocycles. The van der Waals surface area contributed by atoms with Gasteiger partial charge in [-0.2, -0.15) is 9.40 Å². The van der Waals surface area contributed by atoms with E-state index < -0.39 is 10.0 Å². The van der Waals surface area contributed by atoms with Gasteiger partial charge in [0, 0.05) is 31.9 Å². The molecular formula is C15H20N4O2S. The van der Waals surface area contributed by atoms with E-state index in [4.69, 9.17) is 0 Å². The number of rotatable bonds is 3. The Kier molecular flexibility index (Phi) is 3.92. The third-order valence-electron chi connectivity index (χ3n) is 4.02. The minimum atomic E-state index is -3.47. The second-order valence-corrected chi connectivity index (χ2v) is 7.36. The molecule has 7 heteroatoms. The summed E-state index contributed by atoms with van der Waals surface area (Å²) in [4.78, 5) is 2.53. The molecule has 118 valence electrons. The van der Waals surface area contributed by atoms with Crippen molar-refractivity contribution in [3.05, 3.63) is 41.7 Å². The van der Waals surface area contributed by atoms with E-state index in [0.29, 0.717) is 42.5 Å². The van der Waals surface area contributed by atoms with Crippen LogP contribution in [0, 0.1) is 13.8 Å². The van der Waals surface area contributed by atoms with Crippen LogP contribution in [0.5, 0.6) is 0 Å². The van der Waals surface area contributed by atoms with Crippen LogP contribution in [0.2, 0.25) is 0 Å². The molecule has 2 heterocycles. The molecule has 1 aromatic heterocycles. The summed E-state index contributed by atoms with van der Waals surface area (Å²) < 4.78 is 27.1. The van der Waals surface area contributed by atoms with Crippen molar-refractivity contribution in [2.75, 3.05) is 31.1 Å². The number of benzene rings is 1. The van der Waals surface area contributed by atoms with Gasteiger partial charge in [-0.15, -0.1) is 0 Å². The topological polar surface area (TPSA) is 69.3 Å². The summed E-state index contributed by atoms with van der Waals surface area (Å²) in [6, 6.07) is 10.1. The monoisotopic (exact) mass is 320 g/mol. The number of aromatic amines is 1. The highest BCUT2D eigenvalue weighted by atomic mass is 32.2. The fourth-order valence-electron chi connectivity index (χ4n) is 2.88. The summed E-state index contributed by atoms with van der Waals surface area (Å²) in [6.45, 7) is 5.82. The predicted molar refractivity (Wildman–Crippen MR) is 85.5 cm³/mol. The Morgan fingerprint density at radius 1 is 1.05 bits per heavy atom. The van der Waals surface area contributed by atoms with E-state index in [0.717, 1.165) is 5.69 Å². The van der Waals surface area contributed by atoms with Gasteiger partial charge in [0.2, 0.25) is 10.0 Å². The van der Waals surface area contributed by atoms with Crippen molar-refractivity contribution in [2.24, 2.45) is 0 Å². The van der Waals surface area contributed by atoms with Crippen molar-refractivity contribution >= 4 is 15.7 Å². The zero-order valence-electron chi connectivity index (χ0n) is 12.8. The van der Waals surface area contributed by atoms with E-state index in [1.54, 1.807) is 18.2 Å². The standard InChI is InChI=1S/C15H20N4O2S/c1-12-15(13(2)17-16-12)22(20,21)19-10-8-18(9-11-19)14-6-4-3-5-7-14/h3-7H,8-11H2,1-2H3,(H,16,17). The summed E-state index contributed by atoms with van der Waals surface area (Å²) >= 11 is 0. The summed E-state index contributed by atoms with van der Waals surface area (Å²) in [5.41, 5.74) is 2.26. The van der Waals surface area contributed by atoms with Crippen molar-refractivity contribution in [3.8, 4) is 0 Å². The minimum Gasteiger partial charge on any atom is -0.369 e. The second kappa shape index (κ2) is 5.73. The number of aromatic nitrogens is 2. The molecule has 22 heavy (non-hydrogen) atoms. The van der Waals surface area contributed by atoms with Gasteiger partial charge in [-0.3, -0.25) is 5.10 Å². The molecular weight excluding hydrogens is 300 g/mol. The lowest BCUT2D eigenvalue weighted by Gasteiger charge is -2.35. The quantitative estimate of drug-likeness (QED) is 0.931. The number of hydrogen-bond acceptors (Lipinski definition) is 4. The highest BCUT2D eigenvalue weighted by Gasteiger charge is 2.32. The summed E-state index contributed by atoms with van der Waals surface area (Å²) in [7, 11) is -3.47. The minimum absolute atomic E-state index is 0.320. The molecule has 1 aliphatic heterocycles. The first-order valence-electron chi connectivity index (χ1n) is 7.32. The van der Waals surface area contributed by atoms with Crippen LogP contribution >= 0.6 is 0 Å². The van der Waals surface area contributed by atoms with Crippen molar-refractivity contribution in [1.82, 2.24) is 14.5 Å². The molecule has 1 aliphatic rings. The molecule has 1 saturated heterocycles. The van der Waals surface area contributed by atoms with E-state index in [9.17, 15) is 8.42 Å². The van der Waals surface area contributed by atoms with Crippen molar-refractivity contribution in [3.63, 3.8) is 0 Å². The zero-order valence-corrected chi connectivity index (χ0v) is 13.6. The summed E-state index contributed by atoms with van der Waals surface area (Å²) in [5.74, 6) is 0. The smallest absolute Gasteiger partial charge is 0.246 e. The highest BCUT2D eigenvalue weighted by molar-refractivity contribution is 7.89. The Balaban J connectivity index is 1.76. The first-order chi connectivity index (χ1) is 10.5. The molecule has 1 N–H and O–H groups in total. The fraction of sp³-hybridized carbons (Fsp3) is 0.400. The van der Waals surface area contributed by atoms with Gasteiger partial charge < -0.3 is 4.90 Å². The van der Waals surface area contributed by atoms with Crippen LogP contribution in [0.3, 0.4) is 0 Å². The molecule has 0 spiro atoms. The lowest BCUT2D eigenvalue weighted by molar-refractivity contribution is 0.384. The van der Waals surface area contributed by atoms with Crippen LogP contribution in [0.1, 0.15) is 11.4 Å². The van der Waals surface area contributed by atoms with Gasteiger partial charge in [-0.05, 0) is 26.0 Å². The normalized spacial score (nSPS) is 16.9. The number of nitrogens with zero attached hydrogens (tertiary/aromatic N) is 3. The molecule has 3 rings (SSSR count). The largest absolute Gasteiger partial charge is 0.369 e. The highest BCUT2D eigenvalue weighted by Crippen LogP contribution is 2.24. The Hall–Kier alpha value is -1.86. The van der Waals surface area contributed by atoms with E-state index in [2.05, 4.69) is 27.2 Å². The van der Waals surface area contributed by atoms with E-state index in [-0.39, 0.29) is 0 Å². The SMILES string of the molecule is Cc1n[nH]c(C)c1S(=O)(=O)N1CCN(c2ccccc2)CC1. The number of H-pyrrole nitrogens is 1. The molecule has 6 nitrogen and oxygen atoms in total.